The summed E-state index contributed by atoms with van der Waals surface area (Å²) in [6.45, 7) is 6.82. The largest absolute Gasteiger partial charge is 0.394 e. The Morgan fingerprint density at radius 2 is 2.11 bits per heavy atom. The zero-order valence-corrected chi connectivity index (χ0v) is 11.3. The summed E-state index contributed by atoms with van der Waals surface area (Å²) >= 11 is 0. The number of β-lactam (4-membered cyclic amide) rings is 1. The van der Waals surface area contributed by atoms with Gasteiger partial charge in [-0.15, -0.1) is 0 Å². The lowest BCUT2D eigenvalue weighted by molar-refractivity contribution is -0.170. The van der Waals surface area contributed by atoms with Gasteiger partial charge in [0, 0.05) is 25.7 Å². The number of hydrogen-bond acceptors (Lipinski definition) is 4. The third-order valence-corrected chi connectivity index (χ3v) is 4.15. The number of aliphatic hydroxyl groups is 2. The van der Waals surface area contributed by atoms with Crippen LogP contribution in [0.2, 0.25) is 0 Å². The lowest BCUT2D eigenvalue weighted by Crippen LogP contribution is -2.68. The lowest BCUT2D eigenvalue weighted by atomic mass is 9.71. The van der Waals surface area contributed by atoms with Crippen molar-refractivity contribution in [2.24, 2.45) is 5.41 Å². The van der Waals surface area contributed by atoms with Crippen LogP contribution in [0.15, 0.2) is 0 Å². The van der Waals surface area contributed by atoms with Gasteiger partial charge in [-0.3, -0.25) is 9.69 Å². The number of β-amino-alcohol motifs (C(OH)–C–C–N with tert-alkyl or cyclic N) is 1. The minimum atomic E-state index is -0.698. The Hall–Kier alpha value is -0.650. The second-order valence-corrected chi connectivity index (χ2v) is 5.98. The first-order valence-electron chi connectivity index (χ1n) is 6.81. The average Bonchev–Trinajstić information content (AvgIpc) is 2.35. The minimum absolute atomic E-state index is 0.211. The van der Waals surface area contributed by atoms with Crippen LogP contribution in [0.5, 0.6) is 0 Å². The monoisotopic (exact) mass is 256 g/mol. The van der Waals surface area contributed by atoms with Gasteiger partial charge < -0.3 is 15.1 Å². The predicted molar refractivity (Wildman–Crippen MR) is 68.0 cm³/mol. The van der Waals surface area contributed by atoms with E-state index in [9.17, 15) is 9.90 Å². The molecule has 0 aromatic heterocycles. The number of amides is 1. The molecule has 0 unspecified atom stereocenters. The van der Waals surface area contributed by atoms with Gasteiger partial charge in [0.25, 0.3) is 0 Å². The molecule has 0 aromatic carbocycles. The molecule has 18 heavy (non-hydrogen) atoms. The van der Waals surface area contributed by atoms with Crippen LogP contribution in [0.1, 0.15) is 26.7 Å². The van der Waals surface area contributed by atoms with Crippen molar-refractivity contribution in [3.63, 3.8) is 0 Å². The maximum atomic E-state index is 12.3. The van der Waals surface area contributed by atoms with Crippen molar-refractivity contribution in [3.05, 3.63) is 0 Å². The van der Waals surface area contributed by atoms with Gasteiger partial charge >= 0.3 is 0 Å². The lowest BCUT2D eigenvalue weighted by Gasteiger charge is -2.54. The van der Waals surface area contributed by atoms with E-state index in [4.69, 9.17) is 5.11 Å². The van der Waals surface area contributed by atoms with Crippen molar-refractivity contribution >= 4 is 5.91 Å². The number of aliphatic hydroxyl groups excluding tert-OH is 2. The highest BCUT2D eigenvalue weighted by molar-refractivity contribution is 5.89. The van der Waals surface area contributed by atoms with Crippen molar-refractivity contribution in [1.29, 1.82) is 0 Å². The molecule has 2 rings (SSSR count). The summed E-state index contributed by atoms with van der Waals surface area (Å²) in [6.07, 6.45) is 1.26. The Morgan fingerprint density at radius 1 is 1.39 bits per heavy atom. The van der Waals surface area contributed by atoms with E-state index in [0.29, 0.717) is 6.54 Å². The first-order chi connectivity index (χ1) is 8.48. The molecule has 5 heteroatoms. The molecule has 2 fully saturated rings. The van der Waals surface area contributed by atoms with E-state index in [-0.39, 0.29) is 24.0 Å². The number of carbonyl (C=O) groups is 1. The Bertz CT molecular complexity index is 321. The first-order valence-corrected chi connectivity index (χ1v) is 6.81. The number of piperidine rings is 1. The van der Waals surface area contributed by atoms with E-state index >= 15 is 0 Å². The van der Waals surface area contributed by atoms with E-state index in [2.05, 4.69) is 4.90 Å². The maximum Gasteiger partial charge on any atom is 0.232 e. The number of likely N-dealkylation sites (tertiary alicyclic amines) is 2. The van der Waals surface area contributed by atoms with Crippen LogP contribution in [0.25, 0.3) is 0 Å². The van der Waals surface area contributed by atoms with Crippen LogP contribution >= 0.6 is 0 Å². The fourth-order valence-corrected chi connectivity index (χ4v) is 3.14. The highest BCUT2D eigenvalue weighted by Crippen LogP contribution is 2.41. The third-order valence-electron chi connectivity index (χ3n) is 4.15. The highest BCUT2D eigenvalue weighted by atomic mass is 16.3. The summed E-state index contributed by atoms with van der Waals surface area (Å²) in [5.74, 6) is 0.265. The number of carbonyl (C=O) groups excluding carboxylic acids is 1. The predicted octanol–water partition coefficient (Wildman–Crippen LogP) is -0.328. The van der Waals surface area contributed by atoms with Crippen LogP contribution < -0.4 is 0 Å². The standard InChI is InChI=1S/C13H24N2O3/c1-10(2)15-9-13(12(15)18)4-3-5-14(8-13)6-11(17)7-16/h10-11,16-17H,3-9H2,1-2H3/t11-,13+/m0/s1. The smallest absolute Gasteiger partial charge is 0.232 e. The van der Waals surface area contributed by atoms with E-state index in [1.165, 1.54) is 0 Å². The highest BCUT2D eigenvalue weighted by Gasteiger charge is 2.54. The van der Waals surface area contributed by atoms with Crippen molar-refractivity contribution in [3.8, 4) is 0 Å². The zero-order valence-electron chi connectivity index (χ0n) is 11.3. The molecule has 5 nitrogen and oxygen atoms in total. The van der Waals surface area contributed by atoms with Gasteiger partial charge in [0.15, 0.2) is 0 Å². The molecular weight excluding hydrogens is 232 g/mol. The van der Waals surface area contributed by atoms with Crippen molar-refractivity contribution < 1.29 is 15.0 Å². The molecule has 0 radical (unpaired) electrons. The SMILES string of the molecule is CC(C)N1C[C@]2(CCCN(C[C@H](O)CO)C2)C1=O. The molecular formula is C13H24N2O3. The minimum Gasteiger partial charge on any atom is -0.394 e. The molecule has 2 N–H and O–H groups in total. The molecule has 2 heterocycles. The summed E-state index contributed by atoms with van der Waals surface area (Å²) in [5.41, 5.74) is -0.211. The first kappa shape index (κ1) is 13.8. The zero-order chi connectivity index (χ0) is 13.3. The Balaban J connectivity index is 1.94. The van der Waals surface area contributed by atoms with E-state index < -0.39 is 6.10 Å². The Labute approximate surface area is 108 Å². The molecule has 1 spiro atoms. The van der Waals surface area contributed by atoms with Gasteiger partial charge in [0.05, 0.1) is 18.1 Å². The quantitative estimate of drug-likeness (QED) is 0.676. The fraction of sp³-hybridized carbons (Fsp3) is 0.923. The molecule has 0 saturated carbocycles. The topological polar surface area (TPSA) is 64.0 Å². The Morgan fingerprint density at radius 3 is 2.67 bits per heavy atom. The van der Waals surface area contributed by atoms with Crippen molar-refractivity contribution in [2.45, 2.75) is 38.8 Å². The van der Waals surface area contributed by atoms with Crippen molar-refractivity contribution in [1.82, 2.24) is 9.80 Å². The van der Waals surface area contributed by atoms with E-state index in [0.717, 1.165) is 32.5 Å². The normalized spacial score (nSPS) is 30.9. The van der Waals surface area contributed by atoms with Crippen LogP contribution in [0.3, 0.4) is 0 Å². The van der Waals surface area contributed by atoms with Gasteiger partial charge in [0.2, 0.25) is 5.91 Å². The summed E-state index contributed by atoms with van der Waals surface area (Å²) in [6, 6.07) is 0.279. The maximum absolute atomic E-state index is 12.3. The second-order valence-electron chi connectivity index (χ2n) is 5.98. The fourth-order valence-electron chi connectivity index (χ4n) is 3.14. The van der Waals surface area contributed by atoms with Crippen LogP contribution in [0.4, 0.5) is 0 Å². The molecule has 104 valence electrons. The molecule has 2 aliphatic heterocycles. The summed E-state index contributed by atoms with van der Waals surface area (Å²) in [7, 11) is 0. The number of rotatable bonds is 4. The van der Waals surface area contributed by atoms with Gasteiger partial charge in [0.1, 0.15) is 0 Å². The van der Waals surface area contributed by atoms with Gasteiger partial charge in [-0.1, -0.05) is 0 Å². The third kappa shape index (κ3) is 2.39. The van der Waals surface area contributed by atoms with E-state index in [1.807, 2.05) is 18.7 Å². The van der Waals surface area contributed by atoms with Gasteiger partial charge in [-0.2, -0.15) is 0 Å². The molecule has 2 atom stereocenters. The second kappa shape index (κ2) is 5.15. The number of nitrogens with zero attached hydrogens (tertiary/aromatic N) is 2. The summed E-state index contributed by atoms with van der Waals surface area (Å²) in [5, 5.41) is 18.4. The molecule has 0 aliphatic carbocycles. The van der Waals surface area contributed by atoms with E-state index in [1.54, 1.807) is 0 Å². The number of hydrogen-bond donors (Lipinski definition) is 2. The molecule has 0 bridgehead atoms. The average molecular weight is 256 g/mol. The van der Waals surface area contributed by atoms with Gasteiger partial charge in [-0.25, -0.2) is 0 Å². The Kier molecular flexibility index (Phi) is 3.94. The molecule has 0 aromatic rings. The van der Waals surface area contributed by atoms with Crippen LogP contribution in [-0.2, 0) is 4.79 Å². The molecule has 2 aliphatic rings. The van der Waals surface area contributed by atoms with Crippen molar-refractivity contribution in [2.75, 3.05) is 32.8 Å². The molecule has 2 saturated heterocycles. The molecule has 1 amide bonds. The summed E-state index contributed by atoms with van der Waals surface area (Å²) in [4.78, 5) is 16.3. The van der Waals surface area contributed by atoms with Gasteiger partial charge in [-0.05, 0) is 33.2 Å². The summed E-state index contributed by atoms with van der Waals surface area (Å²) < 4.78 is 0. The van der Waals surface area contributed by atoms with Crippen LogP contribution in [-0.4, -0.2) is 70.9 Å². The van der Waals surface area contributed by atoms with Crippen LogP contribution in [0, 0.1) is 5.41 Å².